The van der Waals surface area contributed by atoms with Crippen molar-refractivity contribution >= 4 is 39.1 Å². The van der Waals surface area contributed by atoms with Crippen molar-refractivity contribution in [2.75, 3.05) is 38.0 Å². The monoisotopic (exact) mass is 460 g/mol. The zero-order valence-corrected chi connectivity index (χ0v) is 17.8. The zero-order chi connectivity index (χ0) is 19.9. The van der Waals surface area contributed by atoms with Gasteiger partial charge in [0.05, 0.1) is 28.9 Å². The van der Waals surface area contributed by atoms with Gasteiger partial charge in [-0.25, -0.2) is 0 Å². The predicted octanol–water partition coefficient (Wildman–Crippen LogP) is 4.12. The minimum absolute atomic E-state index is 0.0511. The summed E-state index contributed by atoms with van der Waals surface area (Å²) >= 11 is 9.54. The molecule has 1 aliphatic rings. The number of hydrogen-bond donors (Lipinski definition) is 1. The molecule has 7 heteroatoms. The van der Waals surface area contributed by atoms with Gasteiger partial charge in [0.15, 0.2) is 0 Å². The fraction of sp³-hybridized carbons (Fsp3) is 0.333. The van der Waals surface area contributed by atoms with Gasteiger partial charge in [-0.05, 0) is 55.4 Å². The predicted molar refractivity (Wildman–Crippen MR) is 115 cm³/mol. The first-order valence-electron chi connectivity index (χ1n) is 9.22. The number of nitrogens with one attached hydrogen (secondary N) is 1. The molecule has 1 fully saturated rings. The van der Waals surface area contributed by atoms with Gasteiger partial charge in [-0.3, -0.25) is 14.6 Å². The van der Waals surface area contributed by atoms with Crippen LogP contribution in [0.15, 0.2) is 46.9 Å². The lowest BCUT2D eigenvalue weighted by molar-refractivity contribution is -0.117. The summed E-state index contributed by atoms with van der Waals surface area (Å²) in [5.41, 5.74) is 2.52. The van der Waals surface area contributed by atoms with Crippen molar-refractivity contribution in [2.45, 2.75) is 13.0 Å². The molecule has 3 rings (SSSR count). The van der Waals surface area contributed by atoms with Crippen LogP contribution >= 0.6 is 27.5 Å². The van der Waals surface area contributed by atoms with Crippen LogP contribution in [0.25, 0.3) is 0 Å². The molecule has 0 aromatic heterocycles. The third-order valence-electron chi connectivity index (χ3n) is 4.74. The number of carbonyl (C=O) groups excluding carboxylic acids is 1. The van der Waals surface area contributed by atoms with Gasteiger partial charge in [-0.2, -0.15) is 5.26 Å². The normalized spacial score (nSPS) is 15.6. The van der Waals surface area contributed by atoms with E-state index in [-0.39, 0.29) is 5.91 Å². The second-order valence-corrected chi connectivity index (χ2v) is 8.21. The van der Waals surface area contributed by atoms with Gasteiger partial charge in [-0.15, -0.1) is 0 Å². The number of carbonyl (C=O) groups is 1. The summed E-state index contributed by atoms with van der Waals surface area (Å²) in [6, 6.07) is 15.3. The average Bonchev–Trinajstić information content (AvgIpc) is 2.90. The largest absolute Gasteiger partial charge is 0.324 e. The smallest absolute Gasteiger partial charge is 0.238 e. The van der Waals surface area contributed by atoms with Crippen LogP contribution in [0.3, 0.4) is 0 Å². The highest BCUT2D eigenvalue weighted by molar-refractivity contribution is 9.10. The fourth-order valence-electron chi connectivity index (χ4n) is 3.27. The molecule has 0 saturated carbocycles. The van der Waals surface area contributed by atoms with E-state index in [1.165, 1.54) is 5.56 Å². The molecule has 0 radical (unpaired) electrons. The highest BCUT2D eigenvalue weighted by Crippen LogP contribution is 2.25. The van der Waals surface area contributed by atoms with Gasteiger partial charge in [0.2, 0.25) is 5.91 Å². The highest BCUT2D eigenvalue weighted by atomic mass is 79.9. The molecular formula is C21H22BrClN4O. The van der Waals surface area contributed by atoms with Crippen LogP contribution in [0, 0.1) is 11.3 Å². The number of nitriles is 1. The van der Waals surface area contributed by atoms with Crippen LogP contribution in [0.4, 0.5) is 5.69 Å². The van der Waals surface area contributed by atoms with E-state index in [0.29, 0.717) is 22.8 Å². The van der Waals surface area contributed by atoms with E-state index in [9.17, 15) is 4.79 Å². The molecule has 1 amide bonds. The lowest BCUT2D eigenvalue weighted by Gasteiger charge is -2.21. The molecule has 28 heavy (non-hydrogen) atoms. The maximum Gasteiger partial charge on any atom is 0.238 e. The standard InChI is InChI=1S/C21H22BrClN4O/c22-18-6-7-20(19(23)12-18)25-21(28)15-27-9-1-8-26(10-11-27)14-17-4-2-16(13-24)3-5-17/h2-7,12H,1,8-11,14-15H2,(H,25,28). The third-order valence-corrected chi connectivity index (χ3v) is 5.55. The summed E-state index contributed by atoms with van der Waals surface area (Å²) < 4.78 is 0.880. The van der Waals surface area contributed by atoms with E-state index in [4.69, 9.17) is 16.9 Å². The minimum Gasteiger partial charge on any atom is -0.324 e. The molecule has 5 nitrogen and oxygen atoms in total. The number of hydrogen-bond acceptors (Lipinski definition) is 4. The SMILES string of the molecule is N#Cc1ccc(CN2CCCN(CC(=O)Nc3ccc(Br)cc3Cl)CC2)cc1. The maximum absolute atomic E-state index is 12.4. The Labute approximate surface area is 179 Å². The van der Waals surface area contributed by atoms with E-state index in [2.05, 4.69) is 37.1 Å². The van der Waals surface area contributed by atoms with Crippen molar-refractivity contribution < 1.29 is 4.79 Å². The van der Waals surface area contributed by atoms with Gasteiger partial charge in [-0.1, -0.05) is 39.7 Å². The van der Waals surface area contributed by atoms with Crippen molar-refractivity contribution in [1.82, 2.24) is 9.80 Å². The van der Waals surface area contributed by atoms with Crippen LogP contribution in [-0.2, 0) is 11.3 Å². The Bertz CT molecular complexity index is 866. The van der Waals surface area contributed by atoms with Crippen molar-refractivity contribution in [3.05, 3.63) is 63.1 Å². The Morgan fingerprint density at radius 3 is 2.54 bits per heavy atom. The van der Waals surface area contributed by atoms with Crippen LogP contribution < -0.4 is 5.32 Å². The molecule has 1 aliphatic heterocycles. The molecule has 1 heterocycles. The molecule has 0 spiro atoms. The lowest BCUT2D eigenvalue weighted by Crippen LogP contribution is -2.36. The number of anilines is 1. The van der Waals surface area contributed by atoms with Crippen molar-refractivity contribution in [3.63, 3.8) is 0 Å². The minimum atomic E-state index is -0.0511. The molecule has 2 aromatic rings. The summed E-state index contributed by atoms with van der Waals surface area (Å²) in [5, 5.41) is 12.3. The summed E-state index contributed by atoms with van der Waals surface area (Å²) in [7, 11) is 0. The van der Waals surface area contributed by atoms with Crippen LogP contribution in [0.1, 0.15) is 17.5 Å². The quantitative estimate of drug-likeness (QED) is 0.728. The maximum atomic E-state index is 12.4. The lowest BCUT2D eigenvalue weighted by atomic mass is 10.1. The third kappa shape index (κ3) is 6.05. The number of amides is 1. The number of rotatable bonds is 5. The van der Waals surface area contributed by atoms with Crippen molar-refractivity contribution in [2.24, 2.45) is 0 Å². The van der Waals surface area contributed by atoms with Crippen molar-refractivity contribution in [1.29, 1.82) is 5.26 Å². The summed E-state index contributed by atoms with van der Waals surface area (Å²) in [6.07, 6.45) is 1.02. The van der Waals surface area contributed by atoms with Gasteiger partial charge in [0.25, 0.3) is 0 Å². The average molecular weight is 462 g/mol. The first kappa shape index (κ1) is 20.8. The molecule has 146 valence electrons. The van der Waals surface area contributed by atoms with E-state index < -0.39 is 0 Å². The first-order valence-corrected chi connectivity index (χ1v) is 10.4. The van der Waals surface area contributed by atoms with Crippen molar-refractivity contribution in [3.8, 4) is 6.07 Å². The molecular weight excluding hydrogens is 440 g/mol. The highest BCUT2D eigenvalue weighted by Gasteiger charge is 2.18. The van der Waals surface area contributed by atoms with E-state index in [0.717, 1.165) is 43.6 Å². The fourth-order valence-corrected chi connectivity index (χ4v) is 3.99. The molecule has 1 saturated heterocycles. The summed E-state index contributed by atoms with van der Waals surface area (Å²) in [6.45, 7) is 4.86. The molecule has 0 bridgehead atoms. The number of nitrogens with zero attached hydrogens (tertiary/aromatic N) is 3. The first-order chi connectivity index (χ1) is 13.5. The summed E-state index contributed by atoms with van der Waals surface area (Å²) in [4.78, 5) is 17.0. The molecule has 0 aliphatic carbocycles. The van der Waals surface area contributed by atoms with Crippen LogP contribution in [0.2, 0.25) is 5.02 Å². The Kier molecular flexibility index (Phi) is 7.46. The van der Waals surface area contributed by atoms with E-state index in [1.54, 1.807) is 12.1 Å². The summed E-state index contributed by atoms with van der Waals surface area (Å²) in [5.74, 6) is -0.0511. The molecule has 0 atom stereocenters. The van der Waals surface area contributed by atoms with Gasteiger partial charge in [0.1, 0.15) is 0 Å². The number of halogens is 2. The zero-order valence-electron chi connectivity index (χ0n) is 15.5. The topological polar surface area (TPSA) is 59.4 Å². The van der Waals surface area contributed by atoms with E-state index >= 15 is 0 Å². The Hall–Kier alpha value is -1.91. The van der Waals surface area contributed by atoms with Crippen LogP contribution in [-0.4, -0.2) is 48.4 Å². The van der Waals surface area contributed by atoms with Gasteiger partial charge in [0, 0.05) is 24.1 Å². The van der Waals surface area contributed by atoms with Gasteiger partial charge < -0.3 is 5.32 Å². The molecule has 1 N–H and O–H groups in total. The Morgan fingerprint density at radius 1 is 1.11 bits per heavy atom. The number of benzene rings is 2. The molecule has 0 unspecified atom stereocenters. The van der Waals surface area contributed by atoms with E-state index in [1.807, 2.05) is 30.3 Å². The second kappa shape index (κ2) is 10.0. The molecule has 2 aromatic carbocycles. The van der Waals surface area contributed by atoms with Gasteiger partial charge >= 0.3 is 0 Å². The Morgan fingerprint density at radius 2 is 1.82 bits per heavy atom. The second-order valence-electron chi connectivity index (χ2n) is 6.89. The Balaban J connectivity index is 1.49. The van der Waals surface area contributed by atoms with Crippen LogP contribution in [0.5, 0.6) is 0 Å².